The second kappa shape index (κ2) is 6.62. The van der Waals surface area contributed by atoms with Crippen LogP contribution in [0.5, 0.6) is 0 Å². The lowest BCUT2D eigenvalue weighted by Gasteiger charge is -2.22. The second-order valence-electron chi connectivity index (χ2n) is 3.56. The maximum absolute atomic E-state index is 6.10. The van der Waals surface area contributed by atoms with Crippen LogP contribution < -0.4 is 5.73 Å². The van der Waals surface area contributed by atoms with Crippen LogP contribution in [0.3, 0.4) is 0 Å². The Kier molecular flexibility index (Phi) is 5.41. The van der Waals surface area contributed by atoms with Crippen molar-refractivity contribution in [3.8, 4) is 12.3 Å². The van der Waals surface area contributed by atoms with Crippen LogP contribution in [0.2, 0.25) is 0 Å². The normalized spacial score (nSPS) is 12.7. The number of terminal acetylenes is 1. The molecule has 0 aliphatic heterocycles. The highest BCUT2D eigenvalue weighted by Gasteiger charge is 2.11. The molecular formula is C12H18N2S. The summed E-state index contributed by atoms with van der Waals surface area (Å²) in [5, 5.41) is 2.06. The van der Waals surface area contributed by atoms with Crippen molar-refractivity contribution in [1.29, 1.82) is 0 Å². The lowest BCUT2D eigenvalue weighted by atomic mass is 10.2. The van der Waals surface area contributed by atoms with E-state index in [1.54, 1.807) is 11.3 Å². The molecule has 0 saturated heterocycles. The second-order valence-corrected chi connectivity index (χ2v) is 4.54. The number of rotatable bonds is 6. The van der Waals surface area contributed by atoms with Crippen LogP contribution in [0.15, 0.2) is 17.5 Å². The van der Waals surface area contributed by atoms with E-state index < -0.39 is 0 Å². The van der Waals surface area contributed by atoms with E-state index in [0.29, 0.717) is 6.54 Å². The summed E-state index contributed by atoms with van der Waals surface area (Å²) in [7, 11) is 0. The van der Waals surface area contributed by atoms with Crippen molar-refractivity contribution < 1.29 is 0 Å². The minimum atomic E-state index is 0.0879. The molecule has 15 heavy (non-hydrogen) atoms. The summed E-state index contributed by atoms with van der Waals surface area (Å²) in [4.78, 5) is 3.46. The average molecular weight is 222 g/mol. The van der Waals surface area contributed by atoms with E-state index >= 15 is 0 Å². The molecule has 1 atom stereocenters. The summed E-state index contributed by atoms with van der Waals surface area (Å²) in [6.07, 6.45) is 6.43. The fourth-order valence-electron chi connectivity index (χ4n) is 1.55. The van der Waals surface area contributed by atoms with E-state index in [-0.39, 0.29) is 6.04 Å². The first-order chi connectivity index (χ1) is 7.27. The van der Waals surface area contributed by atoms with Crippen molar-refractivity contribution in [2.75, 3.05) is 19.6 Å². The van der Waals surface area contributed by atoms with Crippen LogP contribution in [-0.4, -0.2) is 24.5 Å². The van der Waals surface area contributed by atoms with Crippen LogP contribution in [0.1, 0.15) is 24.3 Å². The molecule has 0 amide bonds. The van der Waals surface area contributed by atoms with Gasteiger partial charge in [0.1, 0.15) is 0 Å². The molecule has 0 radical (unpaired) electrons. The number of nitrogens with two attached hydrogens (primary N) is 1. The predicted molar refractivity (Wildman–Crippen MR) is 66.8 cm³/mol. The van der Waals surface area contributed by atoms with Gasteiger partial charge in [-0.1, -0.05) is 18.9 Å². The highest BCUT2D eigenvalue weighted by molar-refractivity contribution is 7.10. The highest BCUT2D eigenvalue weighted by atomic mass is 32.1. The molecule has 0 aliphatic carbocycles. The fraction of sp³-hybridized carbons (Fsp3) is 0.500. The van der Waals surface area contributed by atoms with Gasteiger partial charge in [0.25, 0.3) is 0 Å². The zero-order valence-corrected chi connectivity index (χ0v) is 9.96. The molecule has 1 rings (SSSR count). The van der Waals surface area contributed by atoms with Crippen molar-refractivity contribution in [1.82, 2.24) is 4.90 Å². The average Bonchev–Trinajstić information content (AvgIpc) is 2.71. The predicted octanol–water partition coefficient (Wildman–Crippen LogP) is 2.09. The van der Waals surface area contributed by atoms with E-state index in [0.717, 1.165) is 19.5 Å². The summed E-state index contributed by atoms with van der Waals surface area (Å²) in [5.74, 6) is 2.68. The van der Waals surface area contributed by atoms with Gasteiger partial charge in [-0.25, -0.2) is 0 Å². The molecule has 0 aromatic carbocycles. The third-order valence-corrected chi connectivity index (χ3v) is 3.22. The van der Waals surface area contributed by atoms with Gasteiger partial charge in [-0.05, 0) is 24.4 Å². The summed E-state index contributed by atoms with van der Waals surface area (Å²) in [5.41, 5.74) is 6.10. The molecule has 0 spiro atoms. The van der Waals surface area contributed by atoms with E-state index in [1.165, 1.54) is 4.88 Å². The summed E-state index contributed by atoms with van der Waals surface area (Å²) < 4.78 is 0. The zero-order valence-electron chi connectivity index (χ0n) is 9.15. The van der Waals surface area contributed by atoms with Gasteiger partial charge in [0.05, 0.1) is 12.6 Å². The van der Waals surface area contributed by atoms with Gasteiger partial charge >= 0.3 is 0 Å². The molecule has 0 bridgehead atoms. The molecule has 1 heterocycles. The largest absolute Gasteiger partial charge is 0.322 e. The van der Waals surface area contributed by atoms with Crippen molar-refractivity contribution in [3.63, 3.8) is 0 Å². The first-order valence-electron chi connectivity index (χ1n) is 5.22. The van der Waals surface area contributed by atoms with Gasteiger partial charge in [-0.3, -0.25) is 4.90 Å². The Bertz CT molecular complexity index is 300. The van der Waals surface area contributed by atoms with Crippen LogP contribution in [-0.2, 0) is 0 Å². The number of hydrogen-bond donors (Lipinski definition) is 1. The quantitative estimate of drug-likeness (QED) is 0.747. The Hall–Kier alpha value is -0.820. The van der Waals surface area contributed by atoms with Gasteiger partial charge in [0.15, 0.2) is 0 Å². The Labute approximate surface area is 96.1 Å². The SMILES string of the molecule is C#CCN(CCC)CC(N)c1cccs1. The number of hydrogen-bond acceptors (Lipinski definition) is 3. The van der Waals surface area contributed by atoms with Crippen LogP contribution in [0.25, 0.3) is 0 Å². The van der Waals surface area contributed by atoms with Gasteiger partial charge in [0, 0.05) is 11.4 Å². The molecule has 0 fully saturated rings. The van der Waals surface area contributed by atoms with Gasteiger partial charge in [-0.2, -0.15) is 0 Å². The molecule has 0 saturated carbocycles. The third-order valence-electron chi connectivity index (χ3n) is 2.22. The van der Waals surface area contributed by atoms with Gasteiger partial charge in [0.2, 0.25) is 0 Å². The molecule has 3 heteroatoms. The fourth-order valence-corrected chi connectivity index (χ4v) is 2.27. The summed E-state index contributed by atoms with van der Waals surface area (Å²) >= 11 is 1.71. The summed E-state index contributed by atoms with van der Waals surface area (Å²) in [6, 6.07) is 4.20. The number of nitrogens with zero attached hydrogens (tertiary/aromatic N) is 1. The molecule has 0 aliphatic rings. The number of thiophene rings is 1. The van der Waals surface area contributed by atoms with E-state index in [4.69, 9.17) is 12.2 Å². The molecule has 2 N–H and O–H groups in total. The molecule has 2 nitrogen and oxygen atoms in total. The molecule has 82 valence electrons. The van der Waals surface area contributed by atoms with Crippen LogP contribution >= 0.6 is 11.3 Å². The Balaban J connectivity index is 2.47. The Morgan fingerprint density at radius 3 is 3.00 bits per heavy atom. The lowest BCUT2D eigenvalue weighted by Crippen LogP contribution is -2.32. The Morgan fingerprint density at radius 1 is 1.67 bits per heavy atom. The van der Waals surface area contributed by atoms with Crippen molar-refractivity contribution in [2.24, 2.45) is 5.73 Å². The van der Waals surface area contributed by atoms with Gasteiger partial charge in [-0.15, -0.1) is 17.8 Å². The highest BCUT2D eigenvalue weighted by Crippen LogP contribution is 2.17. The van der Waals surface area contributed by atoms with E-state index in [9.17, 15) is 0 Å². The topological polar surface area (TPSA) is 29.3 Å². The maximum atomic E-state index is 6.10. The van der Waals surface area contributed by atoms with Crippen molar-refractivity contribution >= 4 is 11.3 Å². The minimum absolute atomic E-state index is 0.0879. The van der Waals surface area contributed by atoms with Crippen LogP contribution in [0.4, 0.5) is 0 Å². The van der Waals surface area contributed by atoms with Crippen LogP contribution in [0, 0.1) is 12.3 Å². The van der Waals surface area contributed by atoms with Crippen molar-refractivity contribution in [2.45, 2.75) is 19.4 Å². The van der Waals surface area contributed by atoms with Crippen molar-refractivity contribution in [3.05, 3.63) is 22.4 Å². The standard InChI is InChI=1S/C12H18N2S/c1-3-7-14(8-4-2)10-11(13)12-6-5-9-15-12/h1,5-6,9,11H,4,7-8,10,13H2,2H3. The smallest absolute Gasteiger partial charge is 0.0599 e. The zero-order chi connectivity index (χ0) is 11.1. The first kappa shape index (κ1) is 12.3. The maximum Gasteiger partial charge on any atom is 0.0599 e. The molecule has 1 aromatic rings. The molecular weight excluding hydrogens is 204 g/mol. The Morgan fingerprint density at radius 2 is 2.47 bits per heavy atom. The third kappa shape index (κ3) is 4.05. The van der Waals surface area contributed by atoms with Gasteiger partial charge < -0.3 is 5.73 Å². The minimum Gasteiger partial charge on any atom is -0.322 e. The van der Waals surface area contributed by atoms with E-state index in [2.05, 4.69) is 29.2 Å². The lowest BCUT2D eigenvalue weighted by molar-refractivity contribution is 0.289. The van der Waals surface area contributed by atoms with E-state index in [1.807, 2.05) is 6.07 Å². The summed E-state index contributed by atoms with van der Waals surface area (Å²) in [6.45, 7) is 4.70. The monoisotopic (exact) mass is 222 g/mol. The first-order valence-corrected chi connectivity index (χ1v) is 6.10. The molecule has 1 aromatic heterocycles. The molecule has 1 unspecified atom stereocenters.